The average molecular weight is 304 g/mol. The predicted molar refractivity (Wildman–Crippen MR) is 61.9 cm³/mol. The van der Waals surface area contributed by atoms with Crippen LogP contribution in [0.25, 0.3) is 10.4 Å². The fourth-order valence-electron chi connectivity index (χ4n) is 1.77. The molecule has 21 heavy (non-hydrogen) atoms. The van der Waals surface area contributed by atoms with Gasteiger partial charge in [-0.25, -0.2) is 0 Å². The van der Waals surface area contributed by atoms with E-state index in [-0.39, 0.29) is 6.61 Å². The Labute approximate surface area is 117 Å². The third kappa shape index (κ3) is 4.78. The summed E-state index contributed by atoms with van der Waals surface area (Å²) in [5.41, 5.74) is 8.52. The van der Waals surface area contributed by atoms with Crippen molar-refractivity contribution < 1.29 is 33.7 Å². The normalized spacial score (nSPS) is 27.9. The molecule has 1 fully saturated rings. The van der Waals surface area contributed by atoms with Gasteiger partial charge in [-0.15, -0.1) is 10.1 Å². The summed E-state index contributed by atoms with van der Waals surface area (Å²) in [5.74, 6) is -1.44. The molecule has 0 saturated carbocycles. The highest BCUT2D eigenvalue weighted by atomic mass is 17.0. The predicted octanol–water partition coefficient (Wildman–Crippen LogP) is 0.0933. The molecule has 0 bridgehead atoms. The molecule has 0 amide bonds. The Kier molecular flexibility index (Phi) is 5.69. The van der Waals surface area contributed by atoms with E-state index in [1.165, 1.54) is 0 Å². The molecule has 4 atom stereocenters. The molecule has 0 N–H and O–H groups in total. The summed E-state index contributed by atoms with van der Waals surface area (Å²) in [6, 6.07) is -1.39. The van der Waals surface area contributed by atoms with Crippen molar-refractivity contribution in [1.82, 2.24) is 0 Å². The van der Waals surface area contributed by atoms with Crippen LogP contribution >= 0.6 is 0 Å². The quantitative estimate of drug-likeness (QED) is 0.172. The van der Waals surface area contributed by atoms with Crippen LogP contribution < -0.4 is 0 Å². The minimum atomic E-state index is -1.58. The molecule has 0 aromatic rings. The number of carbonyl (C=O) groups is 2. The second-order valence-electron chi connectivity index (χ2n) is 3.95. The van der Waals surface area contributed by atoms with Gasteiger partial charge in [0, 0.05) is 18.8 Å². The van der Waals surface area contributed by atoms with Crippen molar-refractivity contribution in [1.29, 1.82) is 0 Å². The number of nitrogens with zero attached hydrogens (tertiary/aromatic N) is 4. The lowest BCUT2D eigenvalue weighted by atomic mass is 10.0. The van der Waals surface area contributed by atoms with Crippen molar-refractivity contribution in [2.45, 2.75) is 38.4 Å². The van der Waals surface area contributed by atoms with Gasteiger partial charge < -0.3 is 14.2 Å². The Balaban J connectivity index is 3.03. The number of rotatable bonds is 5. The molecule has 0 aromatic carbocycles. The van der Waals surface area contributed by atoms with Gasteiger partial charge in [0.1, 0.15) is 6.04 Å². The van der Waals surface area contributed by atoms with E-state index < -0.39 is 41.6 Å². The van der Waals surface area contributed by atoms with E-state index in [9.17, 15) is 19.7 Å². The third-order valence-corrected chi connectivity index (χ3v) is 2.40. The fraction of sp³-hybridized carbons (Fsp3) is 0.778. The monoisotopic (exact) mass is 304 g/mol. The summed E-state index contributed by atoms with van der Waals surface area (Å²) in [5, 5.41) is 12.5. The molecule has 0 radical (unpaired) electrons. The zero-order valence-electron chi connectivity index (χ0n) is 11.1. The van der Waals surface area contributed by atoms with E-state index in [2.05, 4.69) is 14.9 Å². The molecule has 1 heterocycles. The highest BCUT2D eigenvalue weighted by molar-refractivity contribution is 5.67. The molecule has 1 saturated heterocycles. The molecule has 0 unspecified atom stereocenters. The van der Waals surface area contributed by atoms with Gasteiger partial charge in [-0.2, -0.15) is 0 Å². The van der Waals surface area contributed by atoms with Crippen LogP contribution in [0.5, 0.6) is 0 Å². The maximum atomic E-state index is 11.1. The number of hydrogen-bond donors (Lipinski definition) is 0. The molecule has 12 nitrogen and oxygen atoms in total. The Morgan fingerprint density at radius 2 is 2.00 bits per heavy atom. The molecular weight excluding hydrogens is 292 g/mol. The Hall–Kier alpha value is -2.59. The van der Waals surface area contributed by atoms with Crippen LogP contribution in [-0.4, -0.2) is 48.2 Å². The summed E-state index contributed by atoms with van der Waals surface area (Å²) < 4.78 is 14.8. The van der Waals surface area contributed by atoms with Crippen molar-refractivity contribution in [3.8, 4) is 0 Å². The van der Waals surface area contributed by atoms with Crippen LogP contribution in [-0.2, 0) is 28.6 Å². The standard InChI is InChI=1S/C9H12N4O8/c1-4(14)19-6-3-18-9(21-13(16)17)7(11-12-10)8(6)20-5(2)15/h6-9H,3H2,1-2H3/t6-,7-,8+,9-/m1/s1. The maximum Gasteiger partial charge on any atom is 0.303 e. The van der Waals surface area contributed by atoms with Crippen LogP contribution in [0.3, 0.4) is 0 Å². The minimum absolute atomic E-state index is 0.326. The van der Waals surface area contributed by atoms with Gasteiger partial charge in [0.2, 0.25) is 6.29 Å². The van der Waals surface area contributed by atoms with Gasteiger partial charge in [0.15, 0.2) is 12.2 Å². The SMILES string of the molecule is CC(=O)O[C@@H]1[C@@H](N=[N+]=[N-])[C@@H](O[N+](=O)[O-])OC[C@H]1OC(C)=O. The second-order valence-corrected chi connectivity index (χ2v) is 3.95. The van der Waals surface area contributed by atoms with Crippen LogP contribution in [0, 0.1) is 10.1 Å². The summed E-state index contributed by atoms with van der Waals surface area (Å²) >= 11 is 0. The van der Waals surface area contributed by atoms with Crippen LogP contribution in [0.15, 0.2) is 5.11 Å². The highest BCUT2D eigenvalue weighted by Gasteiger charge is 2.46. The van der Waals surface area contributed by atoms with Gasteiger partial charge in [-0.05, 0) is 5.53 Å². The summed E-state index contributed by atoms with van der Waals surface area (Å²) in [4.78, 5) is 39.2. The first-order chi connectivity index (χ1) is 9.85. The lowest BCUT2D eigenvalue weighted by Gasteiger charge is -2.37. The zero-order chi connectivity index (χ0) is 16.0. The Morgan fingerprint density at radius 1 is 1.38 bits per heavy atom. The molecule has 1 aliphatic rings. The number of carbonyl (C=O) groups excluding carboxylic acids is 2. The fourth-order valence-corrected chi connectivity index (χ4v) is 1.77. The van der Waals surface area contributed by atoms with Gasteiger partial charge >= 0.3 is 11.9 Å². The van der Waals surface area contributed by atoms with Gasteiger partial charge in [-0.3, -0.25) is 14.4 Å². The average Bonchev–Trinajstić information content (AvgIpc) is 2.34. The Bertz CT molecular complexity index is 476. The first kappa shape index (κ1) is 16.5. The van der Waals surface area contributed by atoms with Crippen molar-refractivity contribution in [2.75, 3.05) is 6.61 Å². The number of esters is 2. The van der Waals surface area contributed by atoms with Crippen molar-refractivity contribution in [3.63, 3.8) is 0 Å². The number of ether oxygens (including phenoxy) is 3. The molecular formula is C9H12N4O8. The molecule has 0 spiro atoms. The van der Waals surface area contributed by atoms with Crippen molar-refractivity contribution in [3.05, 3.63) is 20.6 Å². The van der Waals surface area contributed by atoms with Crippen LogP contribution in [0.4, 0.5) is 0 Å². The first-order valence-electron chi connectivity index (χ1n) is 5.66. The molecule has 0 aliphatic carbocycles. The molecule has 0 aromatic heterocycles. The van der Waals surface area contributed by atoms with E-state index in [1.54, 1.807) is 0 Å². The largest absolute Gasteiger partial charge is 0.458 e. The molecule has 1 rings (SSSR count). The van der Waals surface area contributed by atoms with E-state index >= 15 is 0 Å². The number of hydrogen-bond acceptors (Lipinski definition) is 9. The lowest BCUT2D eigenvalue weighted by molar-refractivity contribution is -0.782. The molecule has 1 aliphatic heterocycles. The summed E-state index contributed by atoms with van der Waals surface area (Å²) in [6.07, 6.45) is -3.92. The maximum absolute atomic E-state index is 11.1. The summed E-state index contributed by atoms with van der Waals surface area (Å²) in [6.45, 7) is 1.87. The van der Waals surface area contributed by atoms with E-state index in [1.807, 2.05) is 0 Å². The Morgan fingerprint density at radius 3 is 2.48 bits per heavy atom. The van der Waals surface area contributed by atoms with Crippen molar-refractivity contribution >= 4 is 11.9 Å². The van der Waals surface area contributed by atoms with Crippen LogP contribution in [0.1, 0.15) is 13.8 Å². The van der Waals surface area contributed by atoms with E-state index in [4.69, 9.17) is 19.7 Å². The van der Waals surface area contributed by atoms with E-state index in [0.29, 0.717) is 0 Å². The topological polar surface area (TPSA) is 163 Å². The van der Waals surface area contributed by atoms with Gasteiger partial charge in [0.05, 0.1) is 6.61 Å². The highest BCUT2D eigenvalue weighted by Crippen LogP contribution is 2.25. The van der Waals surface area contributed by atoms with E-state index in [0.717, 1.165) is 13.8 Å². The number of azide groups is 1. The lowest BCUT2D eigenvalue weighted by Crippen LogP contribution is -2.56. The summed E-state index contributed by atoms with van der Waals surface area (Å²) in [7, 11) is 0. The van der Waals surface area contributed by atoms with Crippen LogP contribution in [0.2, 0.25) is 0 Å². The molecule has 12 heteroatoms. The zero-order valence-corrected chi connectivity index (χ0v) is 11.1. The second kappa shape index (κ2) is 7.26. The molecule has 116 valence electrons. The third-order valence-electron chi connectivity index (χ3n) is 2.40. The van der Waals surface area contributed by atoms with Gasteiger partial charge in [0.25, 0.3) is 5.09 Å². The first-order valence-corrected chi connectivity index (χ1v) is 5.66. The minimum Gasteiger partial charge on any atom is -0.458 e. The van der Waals surface area contributed by atoms with Crippen molar-refractivity contribution in [2.24, 2.45) is 5.11 Å². The smallest absolute Gasteiger partial charge is 0.303 e. The van der Waals surface area contributed by atoms with Gasteiger partial charge in [-0.1, -0.05) is 5.11 Å².